The van der Waals surface area contributed by atoms with E-state index in [9.17, 15) is 14.4 Å². The van der Waals surface area contributed by atoms with Crippen molar-refractivity contribution < 1.29 is 23.9 Å². The highest BCUT2D eigenvalue weighted by Gasteiger charge is 2.67. The van der Waals surface area contributed by atoms with Crippen LogP contribution in [0.5, 0.6) is 5.75 Å². The lowest BCUT2D eigenvalue weighted by molar-refractivity contribution is -0.128. The van der Waals surface area contributed by atoms with E-state index in [1.54, 1.807) is 60.5 Å². The number of rotatable bonds is 5. The minimum Gasteiger partial charge on any atom is -0.497 e. The van der Waals surface area contributed by atoms with E-state index in [2.05, 4.69) is 10.6 Å². The highest BCUT2D eigenvalue weighted by molar-refractivity contribution is 6.05. The molecule has 0 saturated carbocycles. The number of nitrogens with one attached hydrogen (secondary N) is 2. The fourth-order valence-electron chi connectivity index (χ4n) is 4.84. The zero-order valence-corrected chi connectivity index (χ0v) is 17.7. The molecule has 3 amide bonds. The molecule has 2 fully saturated rings. The summed E-state index contributed by atoms with van der Waals surface area (Å²) < 4.78 is 11.3. The van der Waals surface area contributed by atoms with Crippen molar-refractivity contribution in [3.05, 3.63) is 60.7 Å². The van der Waals surface area contributed by atoms with Crippen LogP contribution in [-0.4, -0.2) is 43.1 Å². The number of nitrogens with zero attached hydrogens (tertiary/aromatic N) is 1. The summed E-state index contributed by atoms with van der Waals surface area (Å²) in [6.07, 6.45) is 3.38. The molecule has 8 heteroatoms. The van der Waals surface area contributed by atoms with Gasteiger partial charge in [0.15, 0.2) is 0 Å². The van der Waals surface area contributed by atoms with E-state index in [1.165, 1.54) is 6.92 Å². The van der Waals surface area contributed by atoms with Crippen LogP contribution in [0.1, 0.15) is 6.92 Å². The average molecular weight is 433 g/mol. The van der Waals surface area contributed by atoms with Gasteiger partial charge in [0.2, 0.25) is 17.7 Å². The molecule has 164 valence electrons. The van der Waals surface area contributed by atoms with Gasteiger partial charge < -0.3 is 25.0 Å². The van der Waals surface area contributed by atoms with Gasteiger partial charge in [-0.25, -0.2) is 0 Å². The first-order valence-electron chi connectivity index (χ1n) is 10.4. The summed E-state index contributed by atoms with van der Waals surface area (Å²) in [6, 6.07) is 14.1. The largest absolute Gasteiger partial charge is 0.497 e. The lowest BCUT2D eigenvalue weighted by Crippen LogP contribution is -2.41. The Hall–Kier alpha value is -3.65. The van der Waals surface area contributed by atoms with Crippen molar-refractivity contribution in [3.63, 3.8) is 0 Å². The van der Waals surface area contributed by atoms with Gasteiger partial charge in [-0.05, 0) is 48.5 Å². The molecule has 3 aliphatic rings. The number of fused-ring (bicyclic) bond motifs is 1. The minimum atomic E-state index is -0.806. The summed E-state index contributed by atoms with van der Waals surface area (Å²) in [5, 5.41) is 5.62. The van der Waals surface area contributed by atoms with Gasteiger partial charge in [-0.15, -0.1) is 0 Å². The first kappa shape index (κ1) is 20.3. The fraction of sp³-hybridized carbons (Fsp3) is 0.292. The van der Waals surface area contributed by atoms with Crippen molar-refractivity contribution in [3.8, 4) is 5.75 Å². The van der Waals surface area contributed by atoms with Crippen LogP contribution >= 0.6 is 0 Å². The van der Waals surface area contributed by atoms with E-state index in [-0.39, 0.29) is 17.7 Å². The SMILES string of the molecule is COc1ccc(NC(=O)[C@@H]2[C@@H]3C=C[C@@]4(CN(c5ccc(NC(C)=O)cc5)C(=O)[C@@H]24)O3)cc1. The van der Waals surface area contributed by atoms with Crippen LogP contribution in [-0.2, 0) is 19.1 Å². The molecule has 5 rings (SSSR count). The van der Waals surface area contributed by atoms with Crippen molar-refractivity contribution in [2.45, 2.75) is 18.6 Å². The number of anilines is 3. The van der Waals surface area contributed by atoms with Crippen LogP contribution in [0, 0.1) is 11.8 Å². The molecule has 2 aromatic rings. The molecule has 0 aliphatic carbocycles. The van der Waals surface area contributed by atoms with Gasteiger partial charge >= 0.3 is 0 Å². The van der Waals surface area contributed by atoms with Crippen LogP contribution in [0.3, 0.4) is 0 Å². The molecule has 2 N–H and O–H groups in total. The Bertz CT molecular complexity index is 1110. The van der Waals surface area contributed by atoms with Gasteiger partial charge in [-0.3, -0.25) is 14.4 Å². The molecular formula is C24H23N3O5. The average Bonchev–Trinajstić information content (AvgIpc) is 3.43. The van der Waals surface area contributed by atoms with Crippen molar-refractivity contribution in [1.29, 1.82) is 0 Å². The summed E-state index contributed by atoms with van der Waals surface area (Å²) in [6.45, 7) is 1.78. The monoisotopic (exact) mass is 433 g/mol. The third-order valence-electron chi connectivity index (χ3n) is 6.26. The summed E-state index contributed by atoms with van der Waals surface area (Å²) in [5.74, 6) is -1.06. The fourth-order valence-corrected chi connectivity index (χ4v) is 4.84. The Morgan fingerprint density at radius 2 is 1.72 bits per heavy atom. The molecule has 2 saturated heterocycles. The molecule has 2 aromatic carbocycles. The molecule has 1 spiro atoms. The van der Waals surface area contributed by atoms with Crippen molar-refractivity contribution in [1.82, 2.24) is 0 Å². The normalized spacial score (nSPS) is 27.4. The van der Waals surface area contributed by atoms with E-state index in [0.717, 1.165) is 0 Å². The number of amides is 3. The Morgan fingerprint density at radius 3 is 2.38 bits per heavy atom. The number of carbonyl (C=O) groups excluding carboxylic acids is 3. The smallest absolute Gasteiger partial charge is 0.234 e. The van der Waals surface area contributed by atoms with Crippen LogP contribution in [0.4, 0.5) is 17.1 Å². The standard InChI is InChI=1S/C24H23N3O5/c1-14(28)25-15-3-7-17(8-4-15)27-13-24-12-11-19(32-24)20(21(24)23(27)30)22(29)26-16-5-9-18(31-2)10-6-16/h3-12,19-21H,13H2,1-2H3,(H,25,28)(H,26,29)/t19-,20+,21+,24-/m0/s1. The van der Waals surface area contributed by atoms with E-state index in [1.807, 2.05) is 12.2 Å². The van der Waals surface area contributed by atoms with Gasteiger partial charge in [-0.2, -0.15) is 0 Å². The van der Waals surface area contributed by atoms with Gasteiger partial charge in [-0.1, -0.05) is 12.2 Å². The van der Waals surface area contributed by atoms with E-state index < -0.39 is 23.5 Å². The molecule has 0 aromatic heterocycles. The minimum absolute atomic E-state index is 0.140. The number of hydrogen-bond acceptors (Lipinski definition) is 5. The van der Waals surface area contributed by atoms with Crippen LogP contribution in [0.15, 0.2) is 60.7 Å². The maximum atomic E-state index is 13.4. The Kier molecular flexibility index (Phi) is 4.74. The molecule has 3 aliphatic heterocycles. The lowest BCUT2D eigenvalue weighted by Gasteiger charge is -2.23. The second-order valence-corrected chi connectivity index (χ2v) is 8.27. The molecule has 3 heterocycles. The van der Waals surface area contributed by atoms with Gasteiger partial charge in [0.1, 0.15) is 11.4 Å². The summed E-state index contributed by atoms with van der Waals surface area (Å²) in [5.41, 5.74) is 1.18. The van der Waals surface area contributed by atoms with Crippen molar-refractivity contribution in [2.75, 3.05) is 29.2 Å². The van der Waals surface area contributed by atoms with Crippen molar-refractivity contribution in [2.24, 2.45) is 11.8 Å². The molecule has 4 atom stereocenters. The number of benzene rings is 2. The predicted octanol–water partition coefficient (Wildman–Crippen LogP) is 2.58. The zero-order chi connectivity index (χ0) is 22.5. The molecule has 0 radical (unpaired) electrons. The predicted molar refractivity (Wildman–Crippen MR) is 118 cm³/mol. The highest BCUT2D eigenvalue weighted by atomic mass is 16.5. The molecule has 0 unspecified atom stereocenters. The molecule has 32 heavy (non-hydrogen) atoms. The quantitative estimate of drug-likeness (QED) is 0.707. The Balaban J connectivity index is 1.36. The first-order valence-corrected chi connectivity index (χ1v) is 10.4. The van der Waals surface area contributed by atoms with Gasteiger partial charge in [0.25, 0.3) is 0 Å². The number of methoxy groups -OCH3 is 1. The van der Waals surface area contributed by atoms with E-state index in [0.29, 0.717) is 29.4 Å². The summed E-state index contributed by atoms with van der Waals surface area (Å²) in [7, 11) is 1.58. The maximum absolute atomic E-state index is 13.4. The third kappa shape index (κ3) is 3.23. The van der Waals surface area contributed by atoms with Gasteiger partial charge in [0.05, 0.1) is 31.6 Å². The highest BCUT2D eigenvalue weighted by Crippen LogP contribution is 2.52. The Labute approximate surface area is 185 Å². The molecular weight excluding hydrogens is 410 g/mol. The maximum Gasteiger partial charge on any atom is 0.234 e. The van der Waals surface area contributed by atoms with E-state index >= 15 is 0 Å². The van der Waals surface area contributed by atoms with Crippen LogP contribution in [0.2, 0.25) is 0 Å². The Morgan fingerprint density at radius 1 is 1.06 bits per heavy atom. The summed E-state index contributed by atoms with van der Waals surface area (Å²) in [4.78, 5) is 39.5. The number of hydrogen-bond donors (Lipinski definition) is 2. The van der Waals surface area contributed by atoms with Crippen LogP contribution < -0.4 is 20.3 Å². The first-order chi connectivity index (χ1) is 15.4. The van der Waals surface area contributed by atoms with Crippen molar-refractivity contribution >= 4 is 34.8 Å². The van der Waals surface area contributed by atoms with Crippen LogP contribution in [0.25, 0.3) is 0 Å². The van der Waals surface area contributed by atoms with Gasteiger partial charge in [0, 0.05) is 24.0 Å². The number of ether oxygens (including phenoxy) is 2. The second kappa shape index (κ2) is 7.49. The zero-order valence-electron chi connectivity index (χ0n) is 17.7. The topological polar surface area (TPSA) is 97.0 Å². The summed E-state index contributed by atoms with van der Waals surface area (Å²) >= 11 is 0. The lowest BCUT2D eigenvalue weighted by atomic mass is 9.77. The number of carbonyl (C=O) groups is 3. The molecule has 2 bridgehead atoms. The van der Waals surface area contributed by atoms with E-state index in [4.69, 9.17) is 9.47 Å². The third-order valence-corrected chi connectivity index (χ3v) is 6.26. The second-order valence-electron chi connectivity index (χ2n) is 8.27. The molecule has 8 nitrogen and oxygen atoms in total.